The SMILES string of the molecule is Cc1cnc2c(C(=O)Nc3cccnc3Oc3ccccc3F)cnn2c1. The van der Waals surface area contributed by atoms with Gasteiger partial charge in [0.15, 0.2) is 17.2 Å². The van der Waals surface area contributed by atoms with Crippen molar-refractivity contribution < 1.29 is 13.9 Å². The van der Waals surface area contributed by atoms with E-state index in [0.717, 1.165) is 5.56 Å². The molecule has 7 nitrogen and oxygen atoms in total. The molecule has 0 spiro atoms. The van der Waals surface area contributed by atoms with E-state index in [-0.39, 0.29) is 11.6 Å². The Hall–Kier alpha value is -3.81. The van der Waals surface area contributed by atoms with Gasteiger partial charge in [-0.3, -0.25) is 4.79 Å². The van der Waals surface area contributed by atoms with Crippen LogP contribution in [0.5, 0.6) is 11.6 Å². The van der Waals surface area contributed by atoms with Crippen LogP contribution in [0.2, 0.25) is 0 Å². The van der Waals surface area contributed by atoms with E-state index >= 15 is 0 Å². The normalized spacial score (nSPS) is 10.7. The summed E-state index contributed by atoms with van der Waals surface area (Å²) in [7, 11) is 0. The van der Waals surface area contributed by atoms with E-state index in [2.05, 4.69) is 20.4 Å². The zero-order valence-corrected chi connectivity index (χ0v) is 14.3. The number of amides is 1. The standard InChI is InChI=1S/C19H14FN5O2/c1-12-9-22-17-13(10-23-25(17)11-12)18(26)24-15-6-4-8-21-19(15)27-16-7-3-2-5-14(16)20/h2-11H,1H3,(H,24,26). The zero-order chi connectivity index (χ0) is 18.8. The molecule has 134 valence electrons. The second kappa shape index (κ2) is 6.83. The molecule has 1 amide bonds. The highest BCUT2D eigenvalue weighted by molar-refractivity contribution is 6.08. The molecule has 8 heteroatoms. The summed E-state index contributed by atoms with van der Waals surface area (Å²) in [4.78, 5) is 21.0. The van der Waals surface area contributed by atoms with Crippen LogP contribution in [0.3, 0.4) is 0 Å². The van der Waals surface area contributed by atoms with Crippen molar-refractivity contribution in [3.8, 4) is 11.6 Å². The third-order valence-electron chi connectivity index (χ3n) is 3.79. The summed E-state index contributed by atoms with van der Waals surface area (Å²) in [5, 5.41) is 6.86. The van der Waals surface area contributed by atoms with Gasteiger partial charge in [-0.15, -0.1) is 0 Å². The number of ether oxygens (including phenoxy) is 1. The molecule has 27 heavy (non-hydrogen) atoms. The van der Waals surface area contributed by atoms with Crippen LogP contribution in [0.25, 0.3) is 5.65 Å². The highest BCUT2D eigenvalue weighted by atomic mass is 19.1. The maximum absolute atomic E-state index is 13.8. The molecule has 0 saturated heterocycles. The third-order valence-corrected chi connectivity index (χ3v) is 3.79. The average Bonchev–Trinajstić information content (AvgIpc) is 3.08. The van der Waals surface area contributed by atoms with E-state index in [1.54, 1.807) is 36.7 Å². The lowest BCUT2D eigenvalue weighted by Gasteiger charge is -2.11. The van der Waals surface area contributed by atoms with E-state index in [1.807, 2.05) is 6.92 Å². The van der Waals surface area contributed by atoms with Gasteiger partial charge in [-0.1, -0.05) is 12.1 Å². The third kappa shape index (κ3) is 3.32. The maximum atomic E-state index is 13.8. The minimum absolute atomic E-state index is 0.0137. The minimum Gasteiger partial charge on any atom is -0.434 e. The fourth-order valence-electron chi connectivity index (χ4n) is 2.52. The van der Waals surface area contributed by atoms with Crippen LogP contribution in [-0.4, -0.2) is 25.5 Å². The fourth-order valence-corrected chi connectivity index (χ4v) is 2.52. The number of nitrogens with one attached hydrogen (secondary N) is 1. The molecular formula is C19H14FN5O2. The Kier molecular flexibility index (Phi) is 4.21. The Morgan fingerprint density at radius 1 is 1.15 bits per heavy atom. The first-order valence-corrected chi connectivity index (χ1v) is 8.10. The van der Waals surface area contributed by atoms with Gasteiger partial charge in [0.05, 0.1) is 6.20 Å². The molecule has 0 bridgehead atoms. The number of aryl methyl sites for hydroxylation is 1. The molecule has 0 unspecified atom stereocenters. The fraction of sp³-hybridized carbons (Fsp3) is 0.0526. The second-order valence-corrected chi connectivity index (χ2v) is 5.80. The topological polar surface area (TPSA) is 81.4 Å². The van der Waals surface area contributed by atoms with Gasteiger partial charge in [0, 0.05) is 18.6 Å². The second-order valence-electron chi connectivity index (χ2n) is 5.80. The molecule has 0 aliphatic heterocycles. The van der Waals surface area contributed by atoms with E-state index in [0.29, 0.717) is 16.9 Å². The van der Waals surface area contributed by atoms with E-state index in [9.17, 15) is 9.18 Å². The van der Waals surface area contributed by atoms with Crippen molar-refractivity contribution in [2.75, 3.05) is 5.32 Å². The zero-order valence-electron chi connectivity index (χ0n) is 14.3. The molecular weight excluding hydrogens is 349 g/mol. The predicted molar refractivity (Wildman–Crippen MR) is 96.4 cm³/mol. The first-order valence-electron chi connectivity index (χ1n) is 8.10. The van der Waals surface area contributed by atoms with Crippen molar-refractivity contribution in [3.05, 3.63) is 78.1 Å². The average molecular weight is 363 g/mol. The number of pyridine rings is 1. The lowest BCUT2D eigenvalue weighted by atomic mass is 10.3. The lowest BCUT2D eigenvalue weighted by molar-refractivity contribution is 0.102. The Labute approximate surface area is 153 Å². The van der Waals surface area contributed by atoms with Crippen LogP contribution in [0, 0.1) is 12.7 Å². The number of carbonyl (C=O) groups is 1. The lowest BCUT2D eigenvalue weighted by Crippen LogP contribution is -2.13. The van der Waals surface area contributed by atoms with Gasteiger partial charge in [0.2, 0.25) is 5.88 Å². The van der Waals surface area contributed by atoms with Gasteiger partial charge in [0.25, 0.3) is 5.91 Å². The van der Waals surface area contributed by atoms with E-state index in [4.69, 9.17) is 4.74 Å². The summed E-state index contributed by atoms with van der Waals surface area (Å²) in [6.07, 6.45) is 6.36. The number of fused-ring (bicyclic) bond motifs is 1. The number of nitrogens with zero attached hydrogens (tertiary/aromatic N) is 4. The number of hydrogen-bond acceptors (Lipinski definition) is 5. The summed E-state index contributed by atoms with van der Waals surface area (Å²) < 4.78 is 20.9. The van der Waals surface area contributed by atoms with Gasteiger partial charge < -0.3 is 10.1 Å². The van der Waals surface area contributed by atoms with E-state index in [1.165, 1.54) is 29.0 Å². The van der Waals surface area contributed by atoms with Crippen LogP contribution >= 0.6 is 0 Å². The molecule has 0 fully saturated rings. The van der Waals surface area contributed by atoms with Crippen molar-refractivity contribution in [1.29, 1.82) is 0 Å². The Morgan fingerprint density at radius 3 is 2.85 bits per heavy atom. The minimum atomic E-state index is -0.525. The number of rotatable bonds is 4. The van der Waals surface area contributed by atoms with Gasteiger partial charge in [0.1, 0.15) is 11.3 Å². The Morgan fingerprint density at radius 2 is 2.00 bits per heavy atom. The molecule has 4 aromatic rings. The summed E-state index contributed by atoms with van der Waals surface area (Å²) in [6, 6.07) is 9.22. The number of aromatic nitrogens is 4. The molecule has 3 aromatic heterocycles. The van der Waals surface area contributed by atoms with Crippen molar-refractivity contribution in [2.24, 2.45) is 0 Å². The number of halogens is 1. The number of anilines is 1. The molecule has 1 aromatic carbocycles. The molecule has 0 aliphatic carbocycles. The summed E-state index contributed by atoms with van der Waals surface area (Å²) >= 11 is 0. The number of benzene rings is 1. The quantitative estimate of drug-likeness (QED) is 0.599. The molecule has 0 aliphatic rings. The van der Waals surface area contributed by atoms with Crippen LogP contribution in [-0.2, 0) is 0 Å². The van der Waals surface area contributed by atoms with Crippen LogP contribution in [0.4, 0.5) is 10.1 Å². The number of hydrogen-bond donors (Lipinski definition) is 1. The van der Waals surface area contributed by atoms with Gasteiger partial charge in [-0.2, -0.15) is 5.10 Å². The van der Waals surface area contributed by atoms with Crippen molar-refractivity contribution in [2.45, 2.75) is 6.92 Å². The highest BCUT2D eigenvalue weighted by Crippen LogP contribution is 2.29. The largest absolute Gasteiger partial charge is 0.434 e. The van der Waals surface area contributed by atoms with E-state index < -0.39 is 11.7 Å². The molecule has 1 N–H and O–H groups in total. The van der Waals surface area contributed by atoms with Gasteiger partial charge in [-0.05, 0) is 36.8 Å². The highest BCUT2D eigenvalue weighted by Gasteiger charge is 2.17. The first-order chi connectivity index (χ1) is 13.1. The maximum Gasteiger partial charge on any atom is 0.261 e. The predicted octanol–water partition coefficient (Wildman–Crippen LogP) is 3.62. The monoisotopic (exact) mass is 363 g/mol. The smallest absolute Gasteiger partial charge is 0.261 e. The summed E-state index contributed by atoms with van der Waals surface area (Å²) in [5.41, 5.74) is 1.96. The Balaban J connectivity index is 1.62. The van der Waals surface area contributed by atoms with Crippen molar-refractivity contribution >= 4 is 17.2 Å². The number of para-hydroxylation sites is 1. The molecule has 4 rings (SSSR count). The van der Waals surface area contributed by atoms with Crippen molar-refractivity contribution in [1.82, 2.24) is 19.6 Å². The van der Waals surface area contributed by atoms with Crippen LogP contribution < -0.4 is 10.1 Å². The molecule has 0 atom stereocenters. The van der Waals surface area contributed by atoms with Crippen LogP contribution in [0.15, 0.2) is 61.2 Å². The molecule has 0 saturated carbocycles. The van der Waals surface area contributed by atoms with Crippen molar-refractivity contribution in [3.63, 3.8) is 0 Å². The summed E-state index contributed by atoms with van der Waals surface area (Å²) in [5.74, 6) is -0.855. The van der Waals surface area contributed by atoms with Gasteiger partial charge >= 0.3 is 0 Å². The number of carbonyl (C=O) groups excluding carboxylic acids is 1. The molecule has 0 radical (unpaired) electrons. The summed E-state index contributed by atoms with van der Waals surface area (Å²) in [6.45, 7) is 1.88. The van der Waals surface area contributed by atoms with Gasteiger partial charge in [-0.25, -0.2) is 18.9 Å². The molecule has 3 heterocycles. The van der Waals surface area contributed by atoms with Crippen LogP contribution in [0.1, 0.15) is 15.9 Å². The Bertz CT molecular complexity index is 1140. The first kappa shape index (κ1) is 16.6.